The summed E-state index contributed by atoms with van der Waals surface area (Å²) >= 11 is 0. The van der Waals surface area contributed by atoms with Crippen LogP contribution in [-0.4, -0.2) is 50.3 Å². The van der Waals surface area contributed by atoms with Crippen molar-refractivity contribution in [3.05, 3.63) is 52.4 Å². The molecule has 24 heavy (non-hydrogen) atoms. The average molecular weight is 329 g/mol. The standard InChI is InChI=1S/C18H23N3O3/c1-23-17-6-4-3-5-15(17)21-9-7-20(8-10-21)13-14-11-16(22)18(24-2)12-19-14/h3-6,11-12H,7-10,13H2,1-2H3,(H,19,22). The quantitative estimate of drug-likeness (QED) is 0.905. The lowest BCUT2D eigenvalue weighted by Crippen LogP contribution is -2.46. The molecule has 0 bridgehead atoms. The lowest BCUT2D eigenvalue weighted by molar-refractivity contribution is 0.246. The van der Waals surface area contributed by atoms with Crippen molar-refractivity contribution in [3.63, 3.8) is 0 Å². The van der Waals surface area contributed by atoms with Gasteiger partial charge in [-0.3, -0.25) is 9.69 Å². The largest absolute Gasteiger partial charge is 0.495 e. The summed E-state index contributed by atoms with van der Waals surface area (Å²) in [5, 5.41) is 0. The molecule has 0 unspecified atom stereocenters. The molecule has 2 aromatic rings. The first-order valence-corrected chi connectivity index (χ1v) is 8.07. The fourth-order valence-corrected chi connectivity index (χ4v) is 3.03. The number of piperazine rings is 1. The van der Waals surface area contributed by atoms with E-state index >= 15 is 0 Å². The number of H-pyrrole nitrogens is 1. The number of hydrogen-bond donors (Lipinski definition) is 1. The number of methoxy groups -OCH3 is 2. The molecule has 1 fully saturated rings. The van der Waals surface area contributed by atoms with Crippen molar-refractivity contribution in [2.75, 3.05) is 45.3 Å². The normalized spacial score (nSPS) is 15.3. The molecule has 0 spiro atoms. The Morgan fingerprint density at radius 3 is 2.42 bits per heavy atom. The third-order valence-corrected chi connectivity index (χ3v) is 4.35. The van der Waals surface area contributed by atoms with Crippen LogP contribution in [-0.2, 0) is 6.54 Å². The highest BCUT2D eigenvalue weighted by atomic mass is 16.5. The van der Waals surface area contributed by atoms with E-state index in [4.69, 9.17) is 9.47 Å². The number of nitrogens with zero attached hydrogens (tertiary/aromatic N) is 2. The molecule has 0 atom stereocenters. The Kier molecular flexibility index (Phi) is 5.05. The molecule has 0 aliphatic carbocycles. The molecule has 6 nitrogen and oxygen atoms in total. The summed E-state index contributed by atoms with van der Waals surface area (Å²) in [6, 6.07) is 9.72. The summed E-state index contributed by atoms with van der Waals surface area (Å²) in [5.74, 6) is 1.25. The minimum absolute atomic E-state index is 0.0843. The van der Waals surface area contributed by atoms with Crippen LogP contribution in [0.2, 0.25) is 0 Å². The fourth-order valence-electron chi connectivity index (χ4n) is 3.03. The Bertz CT molecular complexity index is 736. The van der Waals surface area contributed by atoms with E-state index in [0.717, 1.165) is 49.9 Å². The number of nitrogens with one attached hydrogen (secondary N) is 1. The Hall–Kier alpha value is -2.47. The first kappa shape index (κ1) is 16.4. The van der Waals surface area contributed by atoms with Gasteiger partial charge in [0, 0.05) is 50.7 Å². The smallest absolute Gasteiger partial charge is 0.223 e. The van der Waals surface area contributed by atoms with Gasteiger partial charge < -0.3 is 19.4 Å². The summed E-state index contributed by atoms with van der Waals surface area (Å²) in [6.45, 7) is 4.47. The molecule has 6 heteroatoms. The molecule has 3 rings (SSSR count). The Morgan fingerprint density at radius 1 is 1.04 bits per heavy atom. The summed E-state index contributed by atoms with van der Waals surface area (Å²) in [7, 11) is 3.20. The van der Waals surface area contributed by atoms with Gasteiger partial charge in [-0.2, -0.15) is 0 Å². The minimum Gasteiger partial charge on any atom is -0.495 e. The van der Waals surface area contributed by atoms with E-state index in [2.05, 4.69) is 20.9 Å². The highest BCUT2D eigenvalue weighted by Gasteiger charge is 2.19. The van der Waals surface area contributed by atoms with Crippen molar-refractivity contribution in [1.82, 2.24) is 9.88 Å². The van der Waals surface area contributed by atoms with Gasteiger partial charge in [-0.05, 0) is 12.1 Å². The minimum atomic E-state index is -0.0843. The van der Waals surface area contributed by atoms with Gasteiger partial charge in [0.05, 0.1) is 19.9 Å². The van der Waals surface area contributed by atoms with E-state index < -0.39 is 0 Å². The number of rotatable bonds is 5. The second-order valence-corrected chi connectivity index (χ2v) is 5.83. The van der Waals surface area contributed by atoms with Crippen molar-refractivity contribution < 1.29 is 9.47 Å². The maximum atomic E-state index is 11.8. The number of para-hydroxylation sites is 2. The second-order valence-electron chi connectivity index (χ2n) is 5.83. The van der Waals surface area contributed by atoms with Crippen LogP contribution in [0.25, 0.3) is 0 Å². The Balaban J connectivity index is 1.61. The van der Waals surface area contributed by atoms with Gasteiger partial charge in [-0.15, -0.1) is 0 Å². The number of hydrogen-bond acceptors (Lipinski definition) is 5. The summed E-state index contributed by atoms with van der Waals surface area (Å²) in [5.41, 5.74) is 1.96. The van der Waals surface area contributed by atoms with Crippen molar-refractivity contribution in [2.45, 2.75) is 6.54 Å². The highest BCUT2D eigenvalue weighted by molar-refractivity contribution is 5.58. The molecule has 0 amide bonds. The predicted molar refractivity (Wildman–Crippen MR) is 94.1 cm³/mol. The van der Waals surface area contributed by atoms with E-state index in [0.29, 0.717) is 5.75 Å². The van der Waals surface area contributed by atoms with Gasteiger partial charge >= 0.3 is 0 Å². The number of benzene rings is 1. The van der Waals surface area contributed by atoms with Gasteiger partial charge in [-0.1, -0.05) is 12.1 Å². The third-order valence-electron chi connectivity index (χ3n) is 4.35. The molecular formula is C18H23N3O3. The van der Waals surface area contributed by atoms with Crippen LogP contribution < -0.4 is 19.8 Å². The summed E-state index contributed by atoms with van der Waals surface area (Å²) in [6.07, 6.45) is 1.63. The van der Waals surface area contributed by atoms with Crippen molar-refractivity contribution in [3.8, 4) is 11.5 Å². The van der Waals surface area contributed by atoms with Crippen LogP contribution in [0.5, 0.6) is 11.5 Å². The van der Waals surface area contributed by atoms with Crippen molar-refractivity contribution in [1.29, 1.82) is 0 Å². The zero-order chi connectivity index (χ0) is 16.9. The first-order chi connectivity index (χ1) is 11.7. The van der Waals surface area contributed by atoms with Crippen LogP contribution in [0, 0.1) is 0 Å². The molecule has 0 radical (unpaired) electrons. The van der Waals surface area contributed by atoms with Crippen LogP contribution in [0.4, 0.5) is 5.69 Å². The van der Waals surface area contributed by atoms with E-state index in [-0.39, 0.29) is 5.43 Å². The predicted octanol–water partition coefficient (Wildman–Crippen LogP) is 1.71. The third kappa shape index (κ3) is 3.54. The SMILES string of the molecule is COc1ccccc1N1CCN(Cc2cc(=O)c(OC)c[nH]2)CC1. The molecule has 1 aromatic heterocycles. The molecule has 1 aromatic carbocycles. The molecule has 0 saturated carbocycles. The molecule has 1 aliphatic rings. The monoisotopic (exact) mass is 329 g/mol. The number of aromatic amines is 1. The molecule has 2 heterocycles. The van der Waals surface area contributed by atoms with Gasteiger partial charge in [0.1, 0.15) is 5.75 Å². The molecule has 1 saturated heterocycles. The van der Waals surface area contributed by atoms with Gasteiger partial charge in [0.2, 0.25) is 5.43 Å². The summed E-state index contributed by atoms with van der Waals surface area (Å²) < 4.78 is 10.4. The number of ether oxygens (including phenoxy) is 2. The van der Waals surface area contributed by atoms with E-state index in [1.165, 1.54) is 7.11 Å². The topological polar surface area (TPSA) is 57.8 Å². The number of anilines is 1. The first-order valence-electron chi connectivity index (χ1n) is 8.07. The van der Waals surface area contributed by atoms with Crippen LogP contribution in [0.15, 0.2) is 41.3 Å². The molecule has 1 N–H and O–H groups in total. The fraction of sp³-hybridized carbons (Fsp3) is 0.389. The van der Waals surface area contributed by atoms with E-state index in [1.807, 2.05) is 18.2 Å². The molecular weight excluding hydrogens is 306 g/mol. The average Bonchev–Trinajstić information content (AvgIpc) is 2.62. The van der Waals surface area contributed by atoms with Crippen LogP contribution in [0.1, 0.15) is 5.69 Å². The lowest BCUT2D eigenvalue weighted by Gasteiger charge is -2.36. The van der Waals surface area contributed by atoms with Gasteiger partial charge in [-0.25, -0.2) is 0 Å². The van der Waals surface area contributed by atoms with Gasteiger partial charge in [0.15, 0.2) is 5.75 Å². The van der Waals surface area contributed by atoms with E-state index in [9.17, 15) is 4.79 Å². The number of pyridine rings is 1. The highest BCUT2D eigenvalue weighted by Crippen LogP contribution is 2.28. The van der Waals surface area contributed by atoms with Gasteiger partial charge in [0.25, 0.3) is 0 Å². The maximum Gasteiger partial charge on any atom is 0.223 e. The molecule has 128 valence electrons. The Labute approximate surface area is 141 Å². The summed E-state index contributed by atoms with van der Waals surface area (Å²) in [4.78, 5) is 19.6. The lowest BCUT2D eigenvalue weighted by atomic mass is 10.2. The second kappa shape index (κ2) is 7.40. The number of aromatic nitrogens is 1. The zero-order valence-corrected chi connectivity index (χ0v) is 14.1. The molecule has 1 aliphatic heterocycles. The van der Waals surface area contributed by atoms with E-state index in [1.54, 1.807) is 19.4 Å². The maximum absolute atomic E-state index is 11.8. The van der Waals surface area contributed by atoms with Crippen LogP contribution >= 0.6 is 0 Å². The Morgan fingerprint density at radius 2 is 1.75 bits per heavy atom. The zero-order valence-electron chi connectivity index (χ0n) is 14.1. The van der Waals surface area contributed by atoms with Crippen molar-refractivity contribution >= 4 is 5.69 Å². The van der Waals surface area contributed by atoms with Crippen LogP contribution in [0.3, 0.4) is 0 Å². The van der Waals surface area contributed by atoms with Crippen molar-refractivity contribution in [2.24, 2.45) is 0 Å².